The van der Waals surface area contributed by atoms with E-state index in [1.54, 1.807) is 6.07 Å². The van der Waals surface area contributed by atoms with Crippen molar-refractivity contribution in [1.82, 2.24) is 0 Å². The molecule has 1 aromatic carbocycles. The van der Waals surface area contributed by atoms with Gasteiger partial charge in [-0.25, -0.2) is 0 Å². The molecule has 0 radical (unpaired) electrons. The summed E-state index contributed by atoms with van der Waals surface area (Å²) in [5, 5.41) is 19.8. The molecule has 110 valence electrons. The summed E-state index contributed by atoms with van der Waals surface area (Å²) in [6, 6.07) is 1.10. The predicted octanol–water partition coefficient (Wildman–Crippen LogP) is 3.51. The molecule has 19 heavy (non-hydrogen) atoms. The second-order valence-electron chi connectivity index (χ2n) is 4.03. The molecular formula is C12H18Br2ClNO3. The van der Waals surface area contributed by atoms with Gasteiger partial charge in [0.05, 0.1) is 23.7 Å². The van der Waals surface area contributed by atoms with Gasteiger partial charge in [-0.1, -0.05) is 13.3 Å². The van der Waals surface area contributed by atoms with E-state index in [0.29, 0.717) is 26.7 Å². The Bertz CT molecular complexity index is 432. The predicted molar refractivity (Wildman–Crippen MR) is 85.2 cm³/mol. The lowest BCUT2D eigenvalue weighted by Crippen LogP contribution is -2.26. The molecule has 0 unspecified atom stereocenters. The van der Waals surface area contributed by atoms with Gasteiger partial charge in [0.1, 0.15) is 0 Å². The number of benzene rings is 1. The summed E-state index contributed by atoms with van der Waals surface area (Å²) in [7, 11) is 1.47. The molecule has 0 fully saturated rings. The van der Waals surface area contributed by atoms with Crippen LogP contribution in [-0.2, 0) is 0 Å². The molecule has 0 bridgehead atoms. The number of aromatic hydroxyl groups is 1. The third-order valence-electron chi connectivity index (χ3n) is 2.75. The van der Waals surface area contributed by atoms with E-state index in [-0.39, 0.29) is 18.2 Å². The van der Waals surface area contributed by atoms with Crippen LogP contribution < -0.4 is 10.5 Å². The number of phenolic OH excluding ortho intramolecular Hbond substituents is 1. The Kier molecular flexibility index (Phi) is 8.31. The van der Waals surface area contributed by atoms with Crippen molar-refractivity contribution in [3.05, 3.63) is 20.6 Å². The largest absolute Gasteiger partial charge is 0.503 e. The summed E-state index contributed by atoms with van der Waals surface area (Å²) in [6.07, 6.45) is 0.838. The van der Waals surface area contributed by atoms with E-state index < -0.39 is 12.1 Å². The minimum atomic E-state index is -0.632. The van der Waals surface area contributed by atoms with E-state index in [1.807, 2.05) is 6.92 Å². The molecule has 0 aliphatic carbocycles. The maximum Gasteiger partial charge on any atom is 0.173 e. The van der Waals surface area contributed by atoms with Crippen LogP contribution in [0.1, 0.15) is 31.4 Å². The molecule has 2 atom stereocenters. The third-order valence-corrected chi connectivity index (χ3v) is 4.91. The Morgan fingerprint density at radius 1 is 1.37 bits per heavy atom. The first kappa shape index (κ1) is 19.0. The number of halogens is 3. The number of rotatable bonds is 5. The molecule has 0 aliphatic rings. The summed E-state index contributed by atoms with van der Waals surface area (Å²) < 4.78 is 6.17. The Balaban J connectivity index is 0.00000324. The molecule has 0 saturated heterocycles. The topological polar surface area (TPSA) is 75.7 Å². The van der Waals surface area contributed by atoms with Crippen LogP contribution in [0.15, 0.2) is 15.0 Å². The van der Waals surface area contributed by atoms with Gasteiger partial charge in [-0.05, 0) is 49.9 Å². The molecule has 0 aliphatic heterocycles. The average Bonchev–Trinajstić information content (AvgIpc) is 2.36. The van der Waals surface area contributed by atoms with Crippen molar-refractivity contribution in [3.63, 3.8) is 0 Å². The van der Waals surface area contributed by atoms with Crippen LogP contribution in [0.5, 0.6) is 11.5 Å². The van der Waals surface area contributed by atoms with Crippen LogP contribution in [0.25, 0.3) is 0 Å². The Labute approximate surface area is 136 Å². The van der Waals surface area contributed by atoms with Crippen molar-refractivity contribution in [2.75, 3.05) is 7.11 Å². The van der Waals surface area contributed by atoms with E-state index in [1.165, 1.54) is 7.11 Å². The second-order valence-corrected chi connectivity index (χ2v) is 5.61. The fourth-order valence-electron chi connectivity index (χ4n) is 1.69. The molecule has 4 N–H and O–H groups in total. The van der Waals surface area contributed by atoms with Crippen molar-refractivity contribution in [1.29, 1.82) is 0 Å². The van der Waals surface area contributed by atoms with E-state index in [0.717, 1.165) is 6.42 Å². The fourth-order valence-corrected chi connectivity index (χ4v) is 2.68. The number of aliphatic hydroxyl groups is 1. The quantitative estimate of drug-likeness (QED) is 0.683. The standard InChI is InChI=1S/C12H17Br2NO3.ClH/c1-3-4-7(16)11(15)6-5-8(18-2)12(17)10(14)9(6)13;/h5,7,11,16-17H,3-4,15H2,1-2H3;1H/t7-,11+;/m0./s1. The van der Waals surface area contributed by atoms with Crippen LogP contribution in [0.3, 0.4) is 0 Å². The molecule has 1 rings (SSSR count). The molecule has 0 amide bonds. The summed E-state index contributed by atoms with van der Waals surface area (Å²) >= 11 is 6.62. The van der Waals surface area contributed by atoms with Gasteiger partial charge >= 0.3 is 0 Å². The zero-order valence-corrected chi connectivity index (χ0v) is 14.7. The number of nitrogens with two attached hydrogens (primary N) is 1. The highest BCUT2D eigenvalue weighted by Crippen LogP contribution is 2.43. The smallest absolute Gasteiger partial charge is 0.173 e. The fraction of sp³-hybridized carbons (Fsp3) is 0.500. The molecule has 0 heterocycles. The number of hydrogen-bond donors (Lipinski definition) is 3. The van der Waals surface area contributed by atoms with Crippen LogP contribution >= 0.6 is 44.3 Å². The second kappa shape index (κ2) is 8.32. The Morgan fingerprint density at radius 2 is 1.95 bits per heavy atom. The highest BCUT2D eigenvalue weighted by molar-refractivity contribution is 9.13. The monoisotopic (exact) mass is 417 g/mol. The Hall–Kier alpha value is -0.01000. The molecule has 0 aromatic heterocycles. The van der Waals surface area contributed by atoms with Crippen LogP contribution in [0.2, 0.25) is 0 Å². The van der Waals surface area contributed by atoms with Crippen LogP contribution in [0.4, 0.5) is 0 Å². The van der Waals surface area contributed by atoms with Gasteiger partial charge in [0, 0.05) is 4.47 Å². The summed E-state index contributed by atoms with van der Waals surface area (Å²) in [4.78, 5) is 0. The molecule has 0 spiro atoms. The molecule has 4 nitrogen and oxygen atoms in total. The lowest BCUT2D eigenvalue weighted by molar-refractivity contribution is 0.134. The number of phenols is 1. The SMILES string of the molecule is CCC[C@H](O)[C@H](N)c1cc(OC)c(O)c(Br)c1Br.Cl. The zero-order chi connectivity index (χ0) is 13.9. The van der Waals surface area contributed by atoms with Crippen molar-refractivity contribution in [2.24, 2.45) is 5.73 Å². The summed E-state index contributed by atoms with van der Waals surface area (Å²) in [6.45, 7) is 1.98. The first-order chi connectivity index (χ1) is 8.43. The van der Waals surface area contributed by atoms with Crippen LogP contribution in [0, 0.1) is 0 Å². The Morgan fingerprint density at radius 3 is 2.42 bits per heavy atom. The minimum absolute atomic E-state index is 0. The van der Waals surface area contributed by atoms with E-state index >= 15 is 0 Å². The van der Waals surface area contributed by atoms with E-state index in [2.05, 4.69) is 31.9 Å². The highest BCUT2D eigenvalue weighted by Gasteiger charge is 2.23. The first-order valence-electron chi connectivity index (χ1n) is 5.62. The van der Waals surface area contributed by atoms with Gasteiger partial charge in [-0.2, -0.15) is 0 Å². The minimum Gasteiger partial charge on any atom is -0.503 e. The molecular weight excluding hydrogens is 401 g/mol. The van der Waals surface area contributed by atoms with Gasteiger partial charge in [0.15, 0.2) is 11.5 Å². The zero-order valence-electron chi connectivity index (χ0n) is 10.7. The average molecular weight is 420 g/mol. The van der Waals surface area contributed by atoms with E-state index in [9.17, 15) is 10.2 Å². The third kappa shape index (κ3) is 4.23. The van der Waals surface area contributed by atoms with Gasteiger partial charge in [0.2, 0.25) is 0 Å². The molecule has 1 aromatic rings. The van der Waals surface area contributed by atoms with Crippen LogP contribution in [-0.4, -0.2) is 23.4 Å². The van der Waals surface area contributed by atoms with Crippen molar-refractivity contribution < 1.29 is 14.9 Å². The number of aliphatic hydroxyl groups excluding tert-OH is 1. The maximum absolute atomic E-state index is 9.95. The number of methoxy groups -OCH3 is 1. The van der Waals surface area contributed by atoms with Gasteiger partial charge in [0.25, 0.3) is 0 Å². The highest BCUT2D eigenvalue weighted by atomic mass is 79.9. The maximum atomic E-state index is 9.95. The van der Waals surface area contributed by atoms with Crippen molar-refractivity contribution in [2.45, 2.75) is 31.9 Å². The number of ether oxygens (including phenoxy) is 1. The lowest BCUT2D eigenvalue weighted by Gasteiger charge is -2.21. The van der Waals surface area contributed by atoms with Crippen molar-refractivity contribution in [3.8, 4) is 11.5 Å². The summed E-state index contributed by atoms with van der Waals surface area (Å²) in [5.41, 5.74) is 6.72. The van der Waals surface area contributed by atoms with Gasteiger partial charge < -0.3 is 20.7 Å². The van der Waals surface area contributed by atoms with Crippen molar-refractivity contribution >= 4 is 44.3 Å². The normalized spacial score (nSPS) is 13.6. The molecule has 0 saturated carbocycles. The summed E-state index contributed by atoms with van der Waals surface area (Å²) in [5.74, 6) is 0.324. The van der Waals surface area contributed by atoms with Gasteiger partial charge in [-0.3, -0.25) is 0 Å². The molecule has 7 heteroatoms. The van der Waals surface area contributed by atoms with Gasteiger partial charge in [-0.15, -0.1) is 12.4 Å². The van der Waals surface area contributed by atoms with E-state index in [4.69, 9.17) is 10.5 Å². The lowest BCUT2D eigenvalue weighted by atomic mass is 9.99. The number of hydrogen-bond acceptors (Lipinski definition) is 4. The first-order valence-corrected chi connectivity index (χ1v) is 7.21.